The van der Waals surface area contributed by atoms with Crippen LogP contribution in [0.1, 0.15) is 17.3 Å². The molecule has 0 aromatic heterocycles. The number of carboxylic acids is 1. The van der Waals surface area contributed by atoms with Crippen LogP contribution in [-0.4, -0.2) is 23.1 Å². The van der Waals surface area contributed by atoms with E-state index in [1.165, 1.54) is 6.92 Å². The van der Waals surface area contributed by atoms with E-state index in [0.29, 0.717) is 22.7 Å². The second kappa shape index (κ2) is 7.28. The van der Waals surface area contributed by atoms with E-state index in [2.05, 4.69) is 10.7 Å². The Labute approximate surface area is 133 Å². The Bertz CT molecular complexity index is 701. The first-order valence-electron chi connectivity index (χ1n) is 6.87. The number of aliphatic carboxylic acids is 1. The number of carbonyl (C=O) groups excluding carboxylic acids is 1. The van der Waals surface area contributed by atoms with E-state index in [1.54, 1.807) is 48.5 Å². The van der Waals surface area contributed by atoms with E-state index in [4.69, 9.17) is 15.7 Å². The lowest BCUT2D eigenvalue weighted by atomic mass is 10.2. The van der Waals surface area contributed by atoms with Gasteiger partial charge in [0.15, 0.2) is 6.10 Å². The third-order valence-electron chi connectivity index (χ3n) is 3.06. The number of benzene rings is 2. The lowest BCUT2D eigenvalue weighted by Crippen LogP contribution is -2.22. The maximum absolute atomic E-state index is 12.1. The molecule has 1 amide bonds. The van der Waals surface area contributed by atoms with Gasteiger partial charge in [-0.3, -0.25) is 10.6 Å². The summed E-state index contributed by atoms with van der Waals surface area (Å²) in [6.45, 7) is 1.44. The molecule has 2 aromatic rings. The molecule has 0 fully saturated rings. The summed E-state index contributed by atoms with van der Waals surface area (Å²) in [6.07, 6.45) is -0.943. The minimum absolute atomic E-state index is 0.283. The first kappa shape index (κ1) is 16.3. The summed E-state index contributed by atoms with van der Waals surface area (Å²) in [5.74, 6) is 4.39. The molecule has 0 radical (unpaired) electrons. The van der Waals surface area contributed by atoms with Crippen molar-refractivity contribution >= 4 is 23.3 Å². The molecule has 0 aliphatic heterocycles. The van der Waals surface area contributed by atoms with Crippen LogP contribution in [0, 0.1) is 0 Å². The Morgan fingerprint density at radius 2 is 1.83 bits per heavy atom. The maximum Gasteiger partial charge on any atom is 0.344 e. The van der Waals surface area contributed by atoms with Gasteiger partial charge in [0.25, 0.3) is 5.91 Å². The zero-order valence-electron chi connectivity index (χ0n) is 12.4. The van der Waals surface area contributed by atoms with Crippen LogP contribution in [0.15, 0.2) is 48.5 Å². The van der Waals surface area contributed by atoms with Gasteiger partial charge in [0.2, 0.25) is 0 Å². The lowest BCUT2D eigenvalue weighted by molar-refractivity contribution is -0.144. The van der Waals surface area contributed by atoms with Crippen LogP contribution < -0.4 is 21.3 Å². The summed E-state index contributed by atoms with van der Waals surface area (Å²) in [6, 6.07) is 13.2. The quantitative estimate of drug-likeness (QED) is 0.479. The number of nitrogens with one attached hydrogen (secondary N) is 2. The van der Waals surface area contributed by atoms with E-state index in [9.17, 15) is 9.59 Å². The minimum Gasteiger partial charge on any atom is -0.479 e. The fourth-order valence-corrected chi connectivity index (χ4v) is 1.82. The molecule has 1 unspecified atom stereocenters. The van der Waals surface area contributed by atoms with Gasteiger partial charge in [-0.2, -0.15) is 0 Å². The van der Waals surface area contributed by atoms with Crippen molar-refractivity contribution < 1.29 is 19.4 Å². The molecule has 0 aliphatic carbocycles. The fraction of sp³-hybridized carbons (Fsp3) is 0.125. The molecule has 1 atom stereocenters. The lowest BCUT2D eigenvalue weighted by Gasteiger charge is -2.11. The highest BCUT2D eigenvalue weighted by atomic mass is 16.5. The Morgan fingerprint density at radius 3 is 2.43 bits per heavy atom. The summed E-state index contributed by atoms with van der Waals surface area (Å²) < 4.78 is 5.22. The van der Waals surface area contributed by atoms with Gasteiger partial charge in [0.1, 0.15) is 5.75 Å². The number of nitrogens with two attached hydrogens (primary N) is 1. The summed E-state index contributed by atoms with van der Waals surface area (Å²) >= 11 is 0. The van der Waals surface area contributed by atoms with Gasteiger partial charge in [0, 0.05) is 16.9 Å². The molecular formula is C16H17N3O4. The first-order chi connectivity index (χ1) is 11.0. The van der Waals surface area contributed by atoms with Gasteiger partial charge in [-0.1, -0.05) is 6.07 Å². The summed E-state index contributed by atoms with van der Waals surface area (Å²) in [5, 5.41) is 11.5. The van der Waals surface area contributed by atoms with Crippen molar-refractivity contribution in [3.05, 3.63) is 54.1 Å². The third-order valence-corrected chi connectivity index (χ3v) is 3.06. The number of anilines is 2. The van der Waals surface area contributed by atoms with E-state index in [0.717, 1.165) is 0 Å². The van der Waals surface area contributed by atoms with Crippen molar-refractivity contribution in [2.24, 2.45) is 5.84 Å². The number of rotatable bonds is 6. The highest BCUT2D eigenvalue weighted by molar-refractivity contribution is 6.04. The number of carboxylic acid groups (broad SMARTS) is 1. The van der Waals surface area contributed by atoms with E-state index in [1.807, 2.05) is 0 Å². The van der Waals surface area contributed by atoms with Crippen LogP contribution in [0.4, 0.5) is 11.4 Å². The smallest absolute Gasteiger partial charge is 0.344 e. The molecule has 120 valence electrons. The zero-order valence-corrected chi connectivity index (χ0v) is 12.4. The molecule has 0 spiro atoms. The molecule has 2 rings (SSSR count). The first-order valence-corrected chi connectivity index (χ1v) is 6.87. The number of hydrogen-bond donors (Lipinski definition) is 4. The van der Waals surface area contributed by atoms with E-state index in [-0.39, 0.29) is 5.91 Å². The minimum atomic E-state index is -1.05. The highest BCUT2D eigenvalue weighted by Crippen LogP contribution is 2.18. The van der Waals surface area contributed by atoms with Crippen LogP contribution in [0.2, 0.25) is 0 Å². The molecular weight excluding hydrogens is 298 g/mol. The number of amides is 1. The molecule has 0 bridgehead atoms. The zero-order chi connectivity index (χ0) is 16.8. The van der Waals surface area contributed by atoms with Crippen molar-refractivity contribution in [3.8, 4) is 5.75 Å². The molecule has 2 aromatic carbocycles. The third kappa shape index (κ3) is 4.45. The van der Waals surface area contributed by atoms with Crippen molar-refractivity contribution in [2.45, 2.75) is 13.0 Å². The Kier molecular flexibility index (Phi) is 5.16. The fourth-order valence-electron chi connectivity index (χ4n) is 1.82. The van der Waals surface area contributed by atoms with Crippen LogP contribution in [-0.2, 0) is 4.79 Å². The topological polar surface area (TPSA) is 114 Å². The Morgan fingerprint density at radius 1 is 1.13 bits per heavy atom. The van der Waals surface area contributed by atoms with Gasteiger partial charge in [-0.15, -0.1) is 0 Å². The molecule has 0 aliphatic rings. The highest BCUT2D eigenvalue weighted by Gasteiger charge is 2.12. The van der Waals surface area contributed by atoms with Crippen LogP contribution in [0.25, 0.3) is 0 Å². The number of ether oxygens (including phenoxy) is 1. The van der Waals surface area contributed by atoms with Crippen molar-refractivity contribution in [1.29, 1.82) is 0 Å². The maximum atomic E-state index is 12.1. The van der Waals surface area contributed by atoms with Crippen LogP contribution >= 0.6 is 0 Å². The van der Waals surface area contributed by atoms with Gasteiger partial charge >= 0.3 is 5.97 Å². The summed E-state index contributed by atoms with van der Waals surface area (Å²) in [5.41, 5.74) is 4.13. The van der Waals surface area contributed by atoms with Crippen LogP contribution in [0.3, 0.4) is 0 Å². The Balaban J connectivity index is 2.02. The van der Waals surface area contributed by atoms with Crippen LogP contribution in [0.5, 0.6) is 5.75 Å². The normalized spacial score (nSPS) is 11.4. The molecule has 0 saturated heterocycles. The van der Waals surface area contributed by atoms with Gasteiger partial charge < -0.3 is 20.6 Å². The van der Waals surface area contributed by atoms with Crippen molar-refractivity contribution in [3.63, 3.8) is 0 Å². The second-order valence-corrected chi connectivity index (χ2v) is 4.80. The van der Waals surface area contributed by atoms with Crippen molar-refractivity contribution in [2.75, 3.05) is 10.7 Å². The largest absolute Gasteiger partial charge is 0.479 e. The summed E-state index contributed by atoms with van der Waals surface area (Å²) in [7, 11) is 0. The Hall–Kier alpha value is -3.06. The van der Waals surface area contributed by atoms with Gasteiger partial charge in [0.05, 0.1) is 0 Å². The predicted molar refractivity (Wildman–Crippen MR) is 86.4 cm³/mol. The average Bonchev–Trinajstić information content (AvgIpc) is 2.56. The van der Waals surface area contributed by atoms with E-state index >= 15 is 0 Å². The standard InChI is InChI=1S/C16H17N3O4/c1-10(16(21)22)23-14-7-5-12(6-8-14)18-15(20)11-3-2-4-13(9-11)19-17/h2-10,19H,17H2,1H3,(H,18,20)(H,21,22). The SMILES string of the molecule is CC(Oc1ccc(NC(=O)c2cccc(NN)c2)cc1)C(=O)O. The molecule has 23 heavy (non-hydrogen) atoms. The number of nitrogen functional groups attached to an aromatic ring is 1. The number of carbonyl (C=O) groups is 2. The second-order valence-electron chi connectivity index (χ2n) is 4.80. The molecule has 5 N–H and O–H groups in total. The molecule has 0 heterocycles. The molecule has 7 heteroatoms. The monoisotopic (exact) mass is 315 g/mol. The van der Waals surface area contributed by atoms with Crippen molar-refractivity contribution in [1.82, 2.24) is 0 Å². The molecule has 0 saturated carbocycles. The number of hydrazine groups is 1. The summed E-state index contributed by atoms with van der Waals surface area (Å²) in [4.78, 5) is 22.9. The number of hydrogen-bond acceptors (Lipinski definition) is 5. The van der Waals surface area contributed by atoms with E-state index < -0.39 is 12.1 Å². The van der Waals surface area contributed by atoms with Gasteiger partial charge in [-0.25, -0.2) is 4.79 Å². The average molecular weight is 315 g/mol. The predicted octanol–water partition coefficient (Wildman–Crippen LogP) is 2.08. The van der Waals surface area contributed by atoms with Gasteiger partial charge in [-0.05, 0) is 49.4 Å². The molecule has 7 nitrogen and oxygen atoms in total.